The van der Waals surface area contributed by atoms with Crippen molar-refractivity contribution in [3.05, 3.63) is 90.0 Å². The summed E-state index contributed by atoms with van der Waals surface area (Å²) in [5, 5.41) is 11.1. The third-order valence-corrected chi connectivity index (χ3v) is 4.25. The van der Waals surface area contributed by atoms with Gasteiger partial charge in [0.2, 0.25) is 5.91 Å². The molecule has 9 heteroatoms. The lowest BCUT2D eigenvalue weighted by molar-refractivity contribution is -0.121. The fourth-order valence-electron chi connectivity index (χ4n) is 2.58. The molecule has 0 radical (unpaired) electrons. The van der Waals surface area contributed by atoms with E-state index in [4.69, 9.17) is 0 Å². The van der Waals surface area contributed by atoms with Crippen LogP contribution < -0.4 is 16.2 Å². The third-order valence-electron chi connectivity index (χ3n) is 4.25. The molecule has 2 aromatic heterocycles. The Morgan fingerprint density at radius 1 is 0.781 bits per heavy atom. The number of rotatable bonds is 10. The van der Waals surface area contributed by atoms with Crippen LogP contribution in [-0.2, 0) is 4.79 Å². The van der Waals surface area contributed by atoms with Crippen LogP contribution in [-0.4, -0.2) is 40.8 Å². The van der Waals surface area contributed by atoms with Gasteiger partial charge in [-0.3, -0.25) is 19.6 Å². The smallest absolute Gasteiger partial charge is 0.271 e. The van der Waals surface area contributed by atoms with Gasteiger partial charge in [-0.2, -0.15) is 10.2 Å². The van der Waals surface area contributed by atoms with Gasteiger partial charge in [0.15, 0.2) is 0 Å². The highest BCUT2D eigenvalue weighted by atomic mass is 16.2. The number of carbonyl (C=O) groups excluding carboxylic acids is 2. The molecule has 2 heterocycles. The molecule has 0 aliphatic rings. The van der Waals surface area contributed by atoms with Crippen molar-refractivity contribution in [2.75, 3.05) is 11.9 Å². The Kier molecular flexibility index (Phi) is 8.59. The second-order valence-electron chi connectivity index (χ2n) is 6.66. The van der Waals surface area contributed by atoms with Gasteiger partial charge in [-0.1, -0.05) is 0 Å². The third kappa shape index (κ3) is 7.79. The average Bonchev–Trinajstić information content (AvgIpc) is 2.83. The zero-order valence-corrected chi connectivity index (χ0v) is 17.3. The molecule has 0 atom stereocenters. The molecular weight excluding hydrogens is 406 g/mol. The van der Waals surface area contributed by atoms with Crippen molar-refractivity contribution in [2.45, 2.75) is 12.8 Å². The van der Waals surface area contributed by atoms with Crippen molar-refractivity contribution < 1.29 is 9.59 Å². The fourth-order valence-corrected chi connectivity index (χ4v) is 2.58. The van der Waals surface area contributed by atoms with E-state index in [0.29, 0.717) is 24.9 Å². The first-order valence-electron chi connectivity index (χ1n) is 10.00. The van der Waals surface area contributed by atoms with E-state index in [1.807, 2.05) is 0 Å². The maximum atomic E-state index is 12.1. The summed E-state index contributed by atoms with van der Waals surface area (Å²) in [5.41, 5.74) is 8.05. The van der Waals surface area contributed by atoms with E-state index in [1.54, 1.807) is 85.7 Å². The fraction of sp³-hybridized carbons (Fsp3) is 0.130. The summed E-state index contributed by atoms with van der Waals surface area (Å²) in [6.45, 7) is 0.614. The van der Waals surface area contributed by atoms with Crippen molar-refractivity contribution in [2.24, 2.45) is 10.2 Å². The van der Waals surface area contributed by atoms with E-state index in [-0.39, 0.29) is 11.8 Å². The number of hydrazone groups is 2. The quantitative estimate of drug-likeness (QED) is 0.260. The maximum absolute atomic E-state index is 12.1. The molecule has 0 aliphatic carbocycles. The minimum absolute atomic E-state index is 0.156. The summed E-state index contributed by atoms with van der Waals surface area (Å²) in [5.74, 6) is -0.456. The normalized spacial score (nSPS) is 10.9. The number of aromatic nitrogens is 2. The van der Waals surface area contributed by atoms with Gasteiger partial charge in [0, 0.05) is 49.0 Å². The highest BCUT2D eigenvalue weighted by Gasteiger charge is 2.04. The molecule has 0 aliphatic heterocycles. The van der Waals surface area contributed by atoms with Crippen LogP contribution in [0.5, 0.6) is 0 Å². The van der Waals surface area contributed by atoms with Crippen LogP contribution in [0.3, 0.4) is 0 Å². The predicted molar refractivity (Wildman–Crippen MR) is 123 cm³/mol. The maximum Gasteiger partial charge on any atom is 0.271 e. The van der Waals surface area contributed by atoms with Gasteiger partial charge in [0.1, 0.15) is 0 Å². The van der Waals surface area contributed by atoms with E-state index in [2.05, 4.69) is 36.3 Å². The Bertz CT molecular complexity index is 1050. The highest BCUT2D eigenvalue weighted by Crippen LogP contribution is 2.10. The van der Waals surface area contributed by atoms with Crippen LogP contribution in [0.1, 0.15) is 34.3 Å². The Morgan fingerprint density at radius 2 is 1.34 bits per heavy atom. The molecule has 3 aromatic rings. The lowest BCUT2D eigenvalue weighted by Gasteiger charge is -2.07. The molecule has 162 valence electrons. The zero-order chi connectivity index (χ0) is 22.4. The van der Waals surface area contributed by atoms with Crippen LogP contribution in [0.15, 0.2) is 83.5 Å². The molecule has 0 fully saturated rings. The Morgan fingerprint density at radius 3 is 1.94 bits per heavy atom. The minimum atomic E-state index is -0.300. The molecule has 3 rings (SSSR count). The number of anilines is 1. The van der Waals surface area contributed by atoms with Crippen LogP contribution in [0.25, 0.3) is 0 Å². The predicted octanol–water partition coefficient (Wildman–Crippen LogP) is 2.58. The van der Waals surface area contributed by atoms with Crippen LogP contribution in [0.4, 0.5) is 5.69 Å². The molecule has 2 amide bonds. The highest BCUT2D eigenvalue weighted by molar-refractivity contribution is 5.95. The molecule has 9 nitrogen and oxygen atoms in total. The van der Waals surface area contributed by atoms with Crippen molar-refractivity contribution in [3.8, 4) is 0 Å². The number of nitrogens with one attached hydrogen (secondary N) is 3. The Labute approximate surface area is 185 Å². The summed E-state index contributed by atoms with van der Waals surface area (Å²) >= 11 is 0. The number of nitrogens with zero attached hydrogens (tertiary/aromatic N) is 4. The SMILES string of the molecule is O=C(CCCNc1ccc(C(=O)NN=Cc2ccncc2)cc1)NN=Cc1ccncc1. The van der Waals surface area contributed by atoms with E-state index in [9.17, 15) is 9.59 Å². The summed E-state index contributed by atoms with van der Waals surface area (Å²) in [6.07, 6.45) is 10.7. The molecule has 0 saturated heterocycles. The Balaban J connectivity index is 1.33. The number of hydrogen-bond donors (Lipinski definition) is 3. The topological polar surface area (TPSA) is 121 Å². The molecule has 0 bridgehead atoms. The summed E-state index contributed by atoms with van der Waals surface area (Å²) in [6, 6.07) is 14.2. The van der Waals surface area contributed by atoms with Crippen molar-refractivity contribution >= 4 is 29.9 Å². The molecule has 3 N–H and O–H groups in total. The monoisotopic (exact) mass is 429 g/mol. The molecule has 0 saturated carbocycles. The zero-order valence-electron chi connectivity index (χ0n) is 17.3. The summed E-state index contributed by atoms with van der Waals surface area (Å²) in [4.78, 5) is 31.8. The summed E-state index contributed by atoms with van der Waals surface area (Å²) < 4.78 is 0. The van der Waals surface area contributed by atoms with Gasteiger partial charge in [-0.05, 0) is 66.1 Å². The van der Waals surface area contributed by atoms with Gasteiger partial charge in [-0.25, -0.2) is 10.9 Å². The van der Waals surface area contributed by atoms with Crippen molar-refractivity contribution in [1.29, 1.82) is 0 Å². The van der Waals surface area contributed by atoms with Crippen LogP contribution in [0, 0.1) is 0 Å². The first kappa shape index (κ1) is 22.3. The minimum Gasteiger partial charge on any atom is -0.385 e. The van der Waals surface area contributed by atoms with Gasteiger partial charge in [0.25, 0.3) is 5.91 Å². The van der Waals surface area contributed by atoms with Gasteiger partial charge in [0.05, 0.1) is 12.4 Å². The first-order valence-corrected chi connectivity index (χ1v) is 10.00. The van der Waals surface area contributed by atoms with E-state index >= 15 is 0 Å². The number of benzene rings is 1. The van der Waals surface area contributed by atoms with E-state index < -0.39 is 0 Å². The van der Waals surface area contributed by atoms with E-state index in [1.165, 1.54) is 0 Å². The second-order valence-corrected chi connectivity index (χ2v) is 6.66. The standard InChI is InChI=1S/C23H23N7O2/c31-22(29-27-16-18-7-12-24-13-8-18)2-1-11-26-21-5-3-20(4-6-21)23(32)30-28-17-19-9-14-25-15-10-19/h3-10,12-17,26H,1-2,11H2,(H,29,31)(H,30,32). The summed E-state index contributed by atoms with van der Waals surface area (Å²) in [7, 11) is 0. The molecular formula is C23H23N7O2. The van der Waals surface area contributed by atoms with E-state index in [0.717, 1.165) is 16.8 Å². The number of hydrogen-bond acceptors (Lipinski definition) is 7. The second kappa shape index (κ2) is 12.3. The largest absolute Gasteiger partial charge is 0.385 e. The first-order chi connectivity index (χ1) is 15.7. The Hall–Kier alpha value is -4.40. The molecule has 32 heavy (non-hydrogen) atoms. The van der Waals surface area contributed by atoms with Gasteiger partial charge in [-0.15, -0.1) is 0 Å². The van der Waals surface area contributed by atoms with Crippen LogP contribution in [0.2, 0.25) is 0 Å². The van der Waals surface area contributed by atoms with Gasteiger partial charge >= 0.3 is 0 Å². The lowest BCUT2D eigenvalue weighted by Crippen LogP contribution is -2.18. The number of pyridine rings is 2. The lowest BCUT2D eigenvalue weighted by atomic mass is 10.2. The molecule has 0 spiro atoms. The number of amides is 2. The number of carbonyl (C=O) groups is 2. The van der Waals surface area contributed by atoms with Gasteiger partial charge < -0.3 is 5.32 Å². The molecule has 0 unspecified atom stereocenters. The average molecular weight is 429 g/mol. The van der Waals surface area contributed by atoms with Crippen LogP contribution >= 0.6 is 0 Å². The van der Waals surface area contributed by atoms with Crippen molar-refractivity contribution in [1.82, 2.24) is 20.8 Å². The molecule has 1 aromatic carbocycles. The van der Waals surface area contributed by atoms with Crippen molar-refractivity contribution in [3.63, 3.8) is 0 Å².